The van der Waals surface area contributed by atoms with Crippen molar-refractivity contribution < 1.29 is 4.42 Å². The monoisotopic (exact) mass is 538 g/mol. The van der Waals surface area contributed by atoms with Crippen LogP contribution < -0.4 is 4.90 Å². The van der Waals surface area contributed by atoms with E-state index in [0.717, 1.165) is 61.0 Å². The van der Waals surface area contributed by atoms with Gasteiger partial charge < -0.3 is 4.42 Å². The molecule has 3 nitrogen and oxygen atoms in total. The summed E-state index contributed by atoms with van der Waals surface area (Å²) in [7, 11) is 0. The van der Waals surface area contributed by atoms with Crippen LogP contribution in [0.4, 0.5) is 17.2 Å². The van der Waals surface area contributed by atoms with Crippen LogP contribution in [0.1, 0.15) is 0 Å². The van der Waals surface area contributed by atoms with Gasteiger partial charge in [-0.2, -0.15) is 0 Å². The van der Waals surface area contributed by atoms with Crippen LogP contribution in [0.5, 0.6) is 0 Å². The molecule has 8 aromatic rings. The molecule has 0 saturated heterocycles. The zero-order chi connectivity index (χ0) is 27.9. The van der Waals surface area contributed by atoms with E-state index in [-0.39, 0.29) is 0 Å². The molecule has 2 aromatic heterocycles. The number of pyridine rings is 1. The molecule has 8 rings (SSSR count). The summed E-state index contributed by atoms with van der Waals surface area (Å²) >= 11 is 0. The van der Waals surface area contributed by atoms with Crippen molar-refractivity contribution in [1.29, 1.82) is 0 Å². The topological polar surface area (TPSA) is 29.3 Å². The largest absolute Gasteiger partial charge is 0.455 e. The van der Waals surface area contributed by atoms with Crippen LogP contribution in [-0.2, 0) is 0 Å². The van der Waals surface area contributed by atoms with E-state index in [1.54, 1.807) is 0 Å². The molecule has 0 saturated carbocycles. The lowest BCUT2D eigenvalue weighted by molar-refractivity contribution is 0.672. The highest BCUT2D eigenvalue weighted by Crippen LogP contribution is 2.45. The van der Waals surface area contributed by atoms with Gasteiger partial charge in [0, 0.05) is 28.2 Å². The van der Waals surface area contributed by atoms with E-state index in [1.165, 1.54) is 11.1 Å². The maximum atomic E-state index is 6.55. The molecule has 42 heavy (non-hydrogen) atoms. The van der Waals surface area contributed by atoms with Crippen LogP contribution in [0.3, 0.4) is 0 Å². The standard InChI is InChI=1S/C39H26N2O/c1-3-11-27(12-4-1)28-19-22-31(23-20-28)41(35-18-10-9-16-32(35)29-13-5-2-6-14-29)39-37-34-24-21-30-15-7-8-17-33(30)38(34)42-36(37)25-26-40-39/h1-26H. The molecule has 0 radical (unpaired) electrons. The quantitative estimate of drug-likeness (QED) is 0.218. The van der Waals surface area contributed by atoms with Gasteiger partial charge in [-0.3, -0.25) is 4.90 Å². The Kier molecular flexibility index (Phi) is 5.79. The number of hydrogen-bond donors (Lipinski definition) is 0. The molecule has 3 heteroatoms. The van der Waals surface area contributed by atoms with E-state index in [4.69, 9.17) is 9.40 Å². The number of benzene rings is 6. The zero-order valence-corrected chi connectivity index (χ0v) is 22.8. The second-order valence-corrected chi connectivity index (χ2v) is 10.4. The van der Waals surface area contributed by atoms with E-state index >= 15 is 0 Å². The van der Waals surface area contributed by atoms with Crippen molar-refractivity contribution in [3.63, 3.8) is 0 Å². The summed E-state index contributed by atoms with van der Waals surface area (Å²) in [6.45, 7) is 0. The van der Waals surface area contributed by atoms with Crippen LogP contribution in [0.15, 0.2) is 162 Å². The molecule has 0 spiro atoms. The third-order valence-electron chi connectivity index (χ3n) is 7.93. The van der Waals surface area contributed by atoms with Crippen molar-refractivity contribution in [2.45, 2.75) is 0 Å². The van der Waals surface area contributed by atoms with Crippen molar-refractivity contribution in [1.82, 2.24) is 4.98 Å². The predicted molar refractivity (Wildman–Crippen MR) is 175 cm³/mol. The number of hydrogen-bond acceptors (Lipinski definition) is 3. The van der Waals surface area contributed by atoms with Gasteiger partial charge in [-0.25, -0.2) is 4.98 Å². The molecule has 0 unspecified atom stereocenters. The van der Waals surface area contributed by atoms with Crippen molar-refractivity contribution in [2.75, 3.05) is 4.90 Å². The third-order valence-corrected chi connectivity index (χ3v) is 7.93. The zero-order valence-electron chi connectivity index (χ0n) is 22.8. The first-order valence-electron chi connectivity index (χ1n) is 14.1. The van der Waals surface area contributed by atoms with Crippen LogP contribution in [0.2, 0.25) is 0 Å². The van der Waals surface area contributed by atoms with Crippen molar-refractivity contribution in [2.24, 2.45) is 0 Å². The molecule has 6 aromatic carbocycles. The fourth-order valence-electron chi connectivity index (χ4n) is 5.94. The average Bonchev–Trinajstić information content (AvgIpc) is 3.46. The highest BCUT2D eigenvalue weighted by Gasteiger charge is 2.23. The second-order valence-electron chi connectivity index (χ2n) is 10.4. The normalized spacial score (nSPS) is 11.3. The van der Waals surface area contributed by atoms with Gasteiger partial charge in [-0.05, 0) is 52.4 Å². The molecule has 0 aliphatic heterocycles. The maximum Gasteiger partial charge on any atom is 0.149 e. The van der Waals surface area contributed by atoms with Crippen molar-refractivity contribution in [3.8, 4) is 22.3 Å². The number of furan rings is 1. The Morgan fingerprint density at radius 1 is 0.500 bits per heavy atom. The van der Waals surface area contributed by atoms with Gasteiger partial charge in [0.05, 0.1) is 11.1 Å². The van der Waals surface area contributed by atoms with Crippen LogP contribution >= 0.6 is 0 Å². The molecule has 0 N–H and O–H groups in total. The van der Waals surface area contributed by atoms with E-state index in [2.05, 4.69) is 144 Å². The second kappa shape index (κ2) is 10.1. The summed E-state index contributed by atoms with van der Waals surface area (Å²) in [6.07, 6.45) is 1.85. The SMILES string of the molecule is c1ccc(-c2ccc(N(c3ccccc3-c3ccccc3)c3nccc4oc5c6ccccc6ccc5c34)cc2)cc1. The van der Waals surface area contributed by atoms with Gasteiger partial charge >= 0.3 is 0 Å². The minimum Gasteiger partial charge on any atom is -0.455 e. The van der Waals surface area contributed by atoms with Crippen LogP contribution in [-0.4, -0.2) is 4.98 Å². The number of aromatic nitrogens is 1. The van der Waals surface area contributed by atoms with E-state index in [9.17, 15) is 0 Å². The molecule has 0 fully saturated rings. The Morgan fingerprint density at radius 2 is 1.17 bits per heavy atom. The summed E-state index contributed by atoms with van der Waals surface area (Å²) in [5.74, 6) is 0.831. The Labute approximate surface area is 243 Å². The molecule has 0 aliphatic rings. The Balaban J connectivity index is 1.40. The van der Waals surface area contributed by atoms with E-state index in [1.807, 2.05) is 18.3 Å². The Bertz CT molecular complexity index is 2180. The average molecular weight is 539 g/mol. The molecule has 198 valence electrons. The summed E-state index contributed by atoms with van der Waals surface area (Å²) in [6, 6.07) is 52.9. The summed E-state index contributed by atoms with van der Waals surface area (Å²) in [4.78, 5) is 7.31. The van der Waals surface area contributed by atoms with Gasteiger partial charge in [0.25, 0.3) is 0 Å². The van der Waals surface area contributed by atoms with Gasteiger partial charge in [0.1, 0.15) is 17.0 Å². The van der Waals surface area contributed by atoms with Gasteiger partial charge in [0.2, 0.25) is 0 Å². The maximum absolute atomic E-state index is 6.55. The molecule has 0 amide bonds. The van der Waals surface area contributed by atoms with Crippen molar-refractivity contribution >= 4 is 49.9 Å². The van der Waals surface area contributed by atoms with Crippen molar-refractivity contribution in [3.05, 3.63) is 158 Å². The smallest absolute Gasteiger partial charge is 0.149 e. The van der Waals surface area contributed by atoms with E-state index in [0.29, 0.717) is 0 Å². The lowest BCUT2D eigenvalue weighted by Crippen LogP contribution is -2.13. The van der Waals surface area contributed by atoms with Gasteiger partial charge in [-0.1, -0.05) is 121 Å². The predicted octanol–water partition coefficient (Wildman–Crippen LogP) is 10.9. The highest BCUT2D eigenvalue weighted by atomic mass is 16.3. The first-order valence-corrected chi connectivity index (χ1v) is 14.1. The number of rotatable bonds is 5. The third kappa shape index (κ3) is 4.03. The molecular weight excluding hydrogens is 512 g/mol. The Morgan fingerprint density at radius 3 is 1.98 bits per heavy atom. The lowest BCUT2D eigenvalue weighted by atomic mass is 10.0. The molecule has 0 aliphatic carbocycles. The Hall–Kier alpha value is -5.67. The molecule has 2 heterocycles. The number of nitrogens with zero attached hydrogens (tertiary/aromatic N) is 2. The van der Waals surface area contributed by atoms with Gasteiger partial charge in [-0.15, -0.1) is 0 Å². The summed E-state index contributed by atoms with van der Waals surface area (Å²) in [5.41, 5.74) is 8.40. The number of fused-ring (bicyclic) bond motifs is 5. The molecule has 0 atom stereocenters. The van der Waals surface area contributed by atoms with Crippen LogP contribution in [0, 0.1) is 0 Å². The van der Waals surface area contributed by atoms with Crippen LogP contribution in [0.25, 0.3) is 55.0 Å². The summed E-state index contributed by atoms with van der Waals surface area (Å²) in [5, 5.41) is 4.30. The highest BCUT2D eigenvalue weighted by molar-refractivity contribution is 6.19. The summed E-state index contributed by atoms with van der Waals surface area (Å²) < 4.78 is 6.55. The first-order chi connectivity index (χ1) is 20.8. The first kappa shape index (κ1) is 24.2. The minimum absolute atomic E-state index is 0.814. The molecule has 0 bridgehead atoms. The fraction of sp³-hybridized carbons (Fsp3) is 0. The molecular formula is C39H26N2O. The number of para-hydroxylation sites is 1. The van der Waals surface area contributed by atoms with Gasteiger partial charge in [0.15, 0.2) is 0 Å². The fourth-order valence-corrected chi connectivity index (χ4v) is 5.94. The lowest BCUT2D eigenvalue weighted by Gasteiger charge is -2.27. The minimum atomic E-state index is 0.814. The number of anilines is 3. The van der Waals surface area contributed by atoms with E-state index < -0.39 is 0 Å².